The van der Waals surface area contributed by atoms with Gasteiger partial charge in [0.05, 0.1) is 17.5 Å². The number of nitrogens with zero attached hydrogens (tertiary/aromatic N) is 1. The summed E-state index contributed by atoms with van der Waals surface area (Å²) in [6.07, 6.45) is 2.84. The SMILES string of the molecule is N#CCc1ccccc1C(=O)NC12CC(CC(=O)COc3ccc(Cl)c(F)c3)(C1)C2. The number of ether oxygens (including phenoxy) is 1. The van der Waals surface area contributed by atoms with Crippen molar-refractivity contribution in [2.24, 2.45) is 5.41 Å². The highest BCUT2D eigenvalue weighted by Crippen LogP contribution is 2.69. The van der Waals surface area contributed by atoms with Gasteiger partial charge in [0, 0.05) is 23.6 Å². The van der Waals surface area contributed by atoms with E-state index in [0.29, 0.717) is 17.5 Å². The fourth-order valence-electron chi connectivity index (χ4n) is 4.81. The van der Waals surface area contributed by atoms with Crippen molar-refractivity contribution in [3.05, 3.63) is 64.4 Å². The van der Waals surface area contributed by atoms with E-state index in [1.165, 1.54) is 12.1 Å². The summed E-state index contributed by atoms with van der Waals surface area (Å²) >= 11 is 5.63. The lowest BCUT2D eigenvalue weighted by molar-refractivity contribution is -0.162. The zero-order valence-electron chi connectivity index (χ0n) is 16.2. The second-order valence-corrected chi connectivity index (χ2v) is 8.74. The summed E-state index contributed by atoms with van der Waals surface area (Å²) in [7, 11) is 0. The first-order valence-electron chi connectivity index (χ1n) is 9.71. The van der Waals surface area contributed by atoms with Crippen molar-refractivity contribution in [2.45, 2.75) is 37.6 Å². The van der Waals surface area contributed by atoms with Crippen LogP contribution in [0, 0.1) is 22.6 Å². The molecule has 0 saturated heterocycles. The monoisotopic (exact) mass is 426 g/mol. The van der Waals surface area contributed by atoms with Crippen LogP contribution in [-0.4, -0.2) is 23.8 Å². The van der Waals surface area contributed by atoms with Crippen LogP contribution in [0.4, 0.5) is 4.39 Å². The molecule has 3 saturated carbocycles. The van der Waals surface area contributed by atoms with Crippen LogP contribution in [-0.2, 0) is 11.2 Å². The highest BCUT2D eigenvalue weighted by atomic mass is 35.5. The fraction of sp³-hybridized carbons (Fsp3) is 0.348. The number of carbonyl (C=O) groups is 2. The molecule has 154 valence electrons. The zero-order chi connectivity index (χ0) is 21.4. The number of rotatable bonds is 8. The Morgan fingerprint density at radius 1 is 1.20 bits per heavy atom. The molecule has 0 unspecified atom stereocenters. The van der Waals surface area contributed by atoms with Crippen LogP contribution >= 0.6 is 11.6 Å². The Labute approximate surface area is 178 Å². The molecule has 2 aromatic carbocycles. The van der Waals surface area contributed by atoms with E-state index in [4.69, 9.17) is 21.6 Å². The summed E-state index contributed by atoms with van der Waals surface area (Å²) in [6, 6.07) is 13.3. The van der Waals surface area contributed by atoms with Gasteiger partial charge in [0.1, 0.15) is 18.2 Å². The molecule has 0 radical (unpaired) electrons. The van der Waals surface area contributed by atoms with E-state index in [1.807, 2.05) is 6.07 Å². The van der Waals surface area contributed by atoms with Crippen molar-refractivity contribution < 1.29 is 18.7 Å². The van der Waals surface area contributed by atoms with Gasteiger partial charge >= 0.3 is 0 Å². The Morgan fingerprint density at radius 2 is 1.93 bits per heavy atom. The van der Waals surface area contributed by atoms with E-state index in [1.54, 1.807) is 18.2 Å². The minimum absolute atomic E-state index is 0.00476. The van der Waals surface area contributed by atoms with Gasteiger partial charge in [-0.05, 0) is 48.4 Å². The predicted octanol–water partition coefficient (Wildman–Crippen LogP) is 4.24. The minimum atomic E-state index is -0.588. The number of hydrogen-bond donors (Lipinski definition) is 1. The highest BCUT2D eigenvalue weighted by Gasteiger charge is 2.68. The molecule has 0 heterocycles. The summed E-state index contributed by atoms with van der Waals surface area (Å²) in [5.74, 6) is -0.546. The molecular formula is C23H20ClFN2O3. The van der Waals surface area contributed by atoms with Gasteiger partial charge in [-0.1, -0.05) is 29.8 Å². The first kappa shape index (κ1) is 20.4. The molecule has 5 nitrogen and oxygen atoms in total. The number of halogens is 2. The lowest BCUT2D eigenvalue weighted by atomic mass is 9.38. The highest BCUT2D eigenvalue weighted by molar-refractivity contribution is 6.30. The van der Waals surface area contributed by atoms with Gasteiger partial charge in [-0.3, -0.25) is 9.59 Å². The van der Waals surface area contributed by atoms with E-state index >= 15 is 0 Å². The van der Waals surface area contributed by atoms with Crippen molar-refractivity contribution in [3.8, 4) is 11.8 Å². The summed E-state index contributed by atoms with van der Waals surface area (Å²) in [5.41, 5.74) is 0.907. The quantitative estimate of drug-likeness (QED) is 0.684. The normalized spacial score (nSPS) is 23.5. The Kier molecular flexibility index (Phi) is 5.25. The molecule has 7 heteroatoms. The number of benzene rings is 2. The number of amides is 1. The molecular weight excluding hydrogens is 407 g/mol. The van der Waals surface area contributed by atoms with Crippen LogP contribution in [0.2, 0.25) is 5.02 Å². The van der Waals surface area contributed by atoms with Gasteiger partial charge < -0.3 is 10.1 Å². The molecule has 5 rings (SSSR count). The zero-order valence-corrected chi connectivity index (χ0v) is 17.0. The van der Waals surface area contributed by atoms with Crippen molar-refractivity contribution >= 4 is 23.3 Å². The molecule has 1 N–H and O–H groups in total. The minimum Gasteiger partial charge on any atom is -0.486 e. The Hall–Kier alpha value is -2.91. The molecule has 3 aliphatic carbocycles. The third-order valence-electron chi connectivity index (χ3n) is 5.91. The Bertz CT molecular complexity index is 1040. The lowest BCUT2D eigenvalue weighted by Gasteiger charge is -2.70. The summed E-state index contributed by atoms with van der Waals surface area (Å²) in [6.45, 7) is -0.121. The molecule has 30 heavy (non-hydrogen) atoms. The van der Waals surface area contributed by atoms with E-state index in [0.717, 1.165) is 25.3 Å². The van der Waals surface area contributed by atoms with Gasteiger partial charge in [-0.25, -0.2) is 4.39 Å². The van der Waals surface area contributed by atoms with Gasteiger partial charge in [-0.15, -0.1) is 0 Å². The maximum absolute atomic E-state index is 13.4. The smallest absolute Gasteiger partial charge is 0.252 e. The number of nitrogens with one attached hydrogen (secondary N) is 1. The maximum Gasteiger partial charge on any atom is 0.252 e. The first-order chi connectivity index (χ1) is 14.3. The third kappa shape index (κ3) is 3.90. The molecule has 0 aromatic heterocycles. The van der Waals surface area contributed by atoms with Crippen LogP contribution < -0.4 is 10.1 Å². The van der Waals surface area contributed by atoms with Gasteiger partial charge in [0.15, 0.2) is 5.78 Å². The molecule has 2 aromatic rings. The first-order valence-corrected chi connectivity index (χ1v) is 10.1. The van der Waals surface area contributed by atoms with Crippen molar-refractivity contribution in [1.29, 1.82) is 5.26 Å². The molecule has 0 spiro atoms. The molecule has 2 bridgehead atoms. The lowest BCUT2D eigenvalue weighted by Crippen LogP contribution is -2.75. The number of nitriles is 1. The molecule has 0 atom stereocenters. The standard InChI is InChI=1S/C23H20ClFN2O3/c24-19-6-5-17(9-20(19)25)30-11-16(28)10-22-12-23(13-22,14-22)27-21(29)18-4-2-1-3-15(18)7-8-26/h1-6,9H,7,10-14H2,(H,27,29). The second kappa shape index (κ2) is 7.73. The van der Waals surface area contributed by atoms with Crippen LogP contribution in [0.5, 0.6) is 5.75 Å². The summed E-state index contributed by atoms with van der Waals surface area (Å²) < 4.78 is 18.8. The van der Waals surface area contributed by atoms with Gasteiger partial charge in [-0.2, -0.15) is 5.26 Å². The average Bonchev–Trinajstić information content (AvgIpc) is 2.67. The topological polar surface area (TPSA) is 79.2 Å². The number of Topliss-reactive ketones (excluding diaryl/α,β-unsaturated/α-hetero) is 1. The van der Waals surface area contributed by atoms with E-state index in [2.05, 4.69) is 11.4 Å². The van der Waals surface area contributed by atoms with Crippen LogP contribution in [0.1, 0.15) is 41.6 Å². The predicted molar refractivity (Wildman–Crippen MR) is 109 cm³/mol. The molecule has 3 aliphatic rings. The Morgan fingerprint density at radius 3 is 2.63 bits per heavy atom. The van der Waals surface area contributed by atoms with E-state index < -0.39 is 5.82 Å². The largest absolute Gasteiger partial charge is 0.486 e. The van der Waals surface area contributed by atoms with Gasteiger partial charge in [0.2, 0.25) is 0 Å². The maximum atomic E-state index is 13.4. The molecule has 1 amide bonds. The second-order valence-electron chi connectivity index (χ2n) is 8.34. The fourth-order valence-corrected chi connectivity index (χ4v) is 4.92. The number of carbonyl (C=O) groups excluding carboxylic acids is 2. The summed E-state index contributed by atoms with van der Waals surface area (Å²) in [4.78, 5) is 25.0. The van der Waals surface area contributed by atoms with E-state index in [-0.39, 0.29) is 46.4 Å². The molecule has 0 aliphatic heterocycles. The number of ketones is 1. The Balaban J connectivity index is 1.26. The summed E-state index contributed by atoms with van der Waals surface area (Å²) in [5, 5.41) is 12.0. The van der Waals surface area contributed by atoms with Crippen LogP contribution in [0.25, 0.3) is 0 Å². The molecule has 3 fully saturated rings. The third-order valence-corrected chi connectivity index (χ3v) is 6.22. The number of hydrogen-bond acceptors (Lipinski definition) is 4. The average molecular weight is 427 g/mol. The van der Waals surface area contributed by atoms with E-state index in [9.17, 15) is 14.0 Å². The van der Waals surface area contributed by atoms with Crippen LogP contribution in [0.15, 0.2) is 42.5 Å². The van der Waals surface area contributed by atoms with Crippen molar-refractivity contribution in [3.63, 3.8) is 0 Å². The van der Waals surface area contributed by atoms with Crippen molar-refractivity contribution in [1.82, 2.24) is 5.32 Å². The van der Waals surface area contributed by atoms with Crippen LogP contribution in [0.3, 0.4) is 0 Å². The van der Waals surface area contributed by atoms with Crippen molar-refractivity contribution in [2.75, 3.05) is 6.61 Å². The van der Waals surface area contributed by atoms with Gasteiger partial charge in [0.25, 0.3) is 5.91 Å².